The second-order valence-electron chi connectivity index (χ2n) is 12.9. The molecule has 3 atom stereocenters. The predicted molar refractivity (Wildman–Crippen MR) is 176 cm³/mol. The van der Waals surface area contributed by atoms with Gasteiger partial charge in [-0.3, -0.25) is 8.98 Å². The van der Waals surface area contributed by atoms with Crippen LogP contribution in [-0.4, -0.2) is 45.5 Å². The minimum atomic E-state index is -4.79. The van der Waals surface area contributed by atoms with Crippen LogP contribution in [0.15, 0.2) is 66.7 Å². The van der Waals surface area contributed by atoms with Crippen molar-refractivity contribution in [1.82, 2.24) is 6.15 Å². The van der Waals surface area contributed by atoms with Crippen LogP contribution in [-0.2, 0) is 23.8 Å². The molecule has 1 aliphatic heterocycles. The van der Waals surface area contributed by atoms with Gasteiger partial charge in [-0.05, 0) is 85.1 Å². The van der Waals surface area contributed by atoms with Crippen molar-refractivity contribution >= 4 is 30.3 Å². The van der Waals surface area contributed by atoms with Crippen molar-refractivity contribution in [2.24, 2.45) is 5.92 Å². The van der Waals surface area contributed by atoms with Crippen molar-refractivity contribution in [3.63, 3.8) is 0 Å². The molecule has 0 spiro atoms. The van der Waals surface area contributed by atoms with Crippen LogP contribution in [0, 0.1) is 17.6 Å². The molecule has 0 unspecified atom stereocenters. The molecule has 1 heterocycles. The van der Waals surface area contributed by atoms with Crippen molar-refractivity contribution in [1.29, 1.82) is 0 Å². The van der Waals surface area contributed by atoms with Crippen molar-refractivity contribution < 1.29 is 45.0 Å². The van der Waals surface area contributed by atoms with E-state index in [1.54, 1.807) is 24.3 Å². The molecule has 1 fully saturated rings. The van der Waals surface area contributed by atoms with Crippen molar-refractivity contribution in [2.45, 2.75) is 70.3 Å². The summed E-state index contributed by atoms with van der Waals surface area (Å²) in [7, 11) is -7.06. The second kappa shape index (κ2) is 15.2. The van der Waals surface area contributed by atoms with Gasteiger partial charge in [-0.15, -0.1) is 0 Å². The third-order valence-electron chi connectivity index (χ3n) is 8.65. The standard InChI is InChI=1S/C33H41F2NO8SSi.H3N/c1-33(2,3)46(4,5)44-30(22-7-9-23(34)10-8-22)18-17-28-31(36(32(28)38)25-13-11-24(35)12-14-25)27-16-15-26(21-29(27)37)42-19-6-20-43-45(39,40)41;/h7-16,21,28,30-31,37H,6,17-20H2,1-5H3,(H,39,40,41);1H3/p-1/t28-,30+,31-;/m1./s1. The van der Waals surface area contributed by atoms with Gasteiger partial charge in [0.1, 0.15) is 23.1 Å². The largest absolute Gasteiger partial charge is 0.726 e. The molecule has 0 aromatic heterocycles. The Morgan fingerprint density at radius 1 is 0.979 bits per heavy atom. The van der Waals surface area contributed by atoms with E-state index in [0.717, 1.165) is 5.56 Å². The number of phenolic OH excluding ortho intramolecular Hbond substituents is 1. The molecule has 14 heteroatoms. The summed E-state index contributed by atoms with van der Waals surface area (Å²) in [6, 6.07) is 15.8. The zero-order valence-electron chi connectivity index (χ0n) is 27.2. The van der Waals surface area contributed by atoms with E-state index in [0.29, 0.717) is 29.8 Å². The Labute approximate surface area is 276 Å². The van der Waals surface area contributed by atoms with E-state index < -0.39 is 36.5 Å². The number of hydrogen-bond acceptors (Lipinski definition) is 9. The molecule has 258 valence electrons. The molecule has 0 saturated carbocycles. The number of nitrogens with zero attached hydrogens (tertiary/aromatic N) is 1. The number of benzene rings is 3. The number of rotatable bonds is 14. The zero-order chi connectivity index (χ0) is 33.9. The molecule has 1 amide bonds. The van der Waals surface area contributed by atoms with Crippen LogP contribution >= 0.6 is 0 Å². The van der Waals surface area contributed by atoms with Gasteiger partial charge in [0, 0.05) is 23.7 Å². The summed E-state index contributed by atoms with van der Waals surface area (Å²) in [5.74, 6) is -1.36. The number of carbonyl (C=O) groups is 1. The minimum absolute atomic E-state index is 0. The molecule has 0 radical (unpaired) electrons. The fourth-order valence-electron chi connectivity index (χ4n) is 5.18. The van der Waals surface area contributed by atoms with Crippen LogP contribution in [0.2, 0.25) is 18.1 Å². The van der Waals surface area contributed by atoms with Crippen molar-refractivity contribution in [3.05, 3.63) is 89.5 Å². The van der Waals surface area contributed by atoms with Gasteiger partial charge in [0.05, 0.1) is 31.3 Å². The lowest BCUT2D eigenvalue weighted by Gasteiger charge is -2.48. The van der Waals surface area contributed by atoms with Gasteiger partial charge < -0.3 is 29.9 Å². The fourth-order valence-corrected chi connectivity index (χ4v) is 6.82. The van der Waals surface area contributed by atoms with E-state index in [9.17, 15) is 31.7 Å². The van der Waals surface area contributed by atoms with E-state index >= 15 is 0 Å². The number of halogens is 2. The Morgan fingerprint density at radius 2 is 1.57 bits per heavy atom. The van der Waals surface area contributed by atoms with Crippen LogP contribution in [0.25, 0.3) is 0 Å². The molecule has 0 bridgehead atoms. The highest BCUT2D eigenvalue weighted by molar-refractivity contribution is 7.80. The van der Waals surface area contributed by atoms with Crippen LogP contribution in [0.4, 0.5) is 14.5 Å². The highest BCUT2D eigenvalue weighted by Crippen LogP contribution is 2.50. The molecule has 3 aromatic carbocycles. The zero-order valence-corrected chi connectivity index (χ0v) is 29.1. The van der Waals surface area contributed by atoms with E-state index in [-0.39, 0.29) is 54.4 Å². The monoisotopic (exact) mass is 693 g/mol. The first kappa shape index (κ1) is 38.0. The van der Waals surface area contributed by atoms with Crippen LogP contribution in [0.3, 0.4) is 0 Å². The van der Waals surface area contributed by atoms with Crippen LogP contribution in [0.5, 0.6) is 11.5 Å². The first-order valence-electron chi connectivity index (χ1n) is 15.0. The average Bonchev–Trinajstić information content (AvgIpc) is 2.96. The first-order chi connectivity index (χ1) is 21.5. The third kappa shape index (κ3) is 9.58. The van der Waals surface area contributed by atoms with Gasteiger partial charge in [0.25, 0.3) is 0 Å². The van der Waals surface area contributed by atoms with E-state index in [1.807, 2.05) is 0 Å². The summed E-state index contributed by atoms with van der Waals surface area (Å²) in [5, 5.41) is 11.0. The maximum Gasteiger partial charge on any atom is 0.233 e. The maximum atomic E-state index is 13.8. The highest BCUT2D eigenvalue weighted by Gasteiger charge is 2.50. The normalized spacial score (nSPS) is 17.5. The van der Waals surface area contributed by atoms with Gasteiger partial charge in [-0.25, -0.2) is 17.2 Å². The number of amides is 1. The molecular weight excluding hydrogens is 651 g/mol. The summed E-state index contributed by atoms with van der Waals surface area (Å²) < 4.78 is 75.9. The highest BCUT2D eigenvalue weighted by atomic mass is 32.3. The molecule has 10 nitrogen and oxygen atoms in total. The summed E-state index contributed by atoms with van der Waals surface area (Å²) in [4.78, 5) is 15.2. The lowest BCUT2D eigenvalue weighted by atomic mass is 9.78. The van der Waals surface area contributed by atoms with E-state index in [1.165, 1.54) is 47.4 Å². The molecule has 4 rings (SSSR count). The number of aromatic hydroxyl groups is 1. The minimum Gasteiger partial charge on any atom is -0.726 e. The van der Waals surface area contributed by atoms with Crippen LogP contribution in [0.1, 0.15) is 63.3 Å². The van der Waals surface area contributed by atoms with Crippen molar-refractivity contribution in [3.8, 4) is 11.5 Å². The summed E-state index contributed by atoms with van der Waals surface area (Å²) in [6.45, 7) is 10.4. The van der Waals surface area contributed by atoms with E-state index in [4.69, 9.17) is 9.16 Å². The lowest BCUT2D eigenvalue weighted by Crippen LogP contribution is -2.55. The number of β-lactam (4-membered cyclic amide) rings is 1. The van der Waals surface area contributed by atoms with Gasteiger partial charge in [-0.1, -0.05) is 32.9 Å². The Hall–Kier alpha value is -3.40. The molecular formula is C33H43F2N2O8SSi-. The number of carbonyl (C=O) groups excluding carboxylic acids is 1. The molecule has 1 saturated heterocycles. The number of hydrogen-bond donors (Lipinski definition) is 2. The Kier molecular flexibility index (Phi) is 12.3. The number of phenols is 1. The van der Waals surface area contributed by atoms with Gasteiger partial charge in [0.2, 0.25) is 16.3 Å². The number of ether oxygens (including phenoxy) is 1. The summed E-state index contributed by atoms with van der Waals surface area (Å²) in [5.41, 5.74) is 1.76. The quantitative estimate of drug-likeness (QED) is 0.0579. The summed E-state index contributed by atoms with van der Waals surface area (Å²) >= 11 is 0. The first-order valence-corrected chi connectivity index (χ1v) is 19.3. The van der Waals surface area contributed by atoms with E-state index in [2.05, 4.69) is 38.0 Å². The summed E-state index contributed by atoms with van der Waals surface area (Å²) in [6.07, 6.45) is 0.594. The lowest BCUT2D eigenvalue weighted by molar-refractivity contribution is -0.131. The average molecular weight is 694 g/mol. The molecule has 1 aliphatic rings. The molecule has 47 heavy (non-hydrogen) atoms. The van der Waals surface area contributed by atoms with Crippen LogP contribution < -0.4 is 15.8 Å². The molecule has 0 aliphatic carbocycles. The molecule has 4 N–H and O–H groups in total. The van der Waals surface area contributed by atoms with Gasteiger partial charge in [0.15, 0.2) is 8.32 Å². The number of anilines is 1. The molecule has 3 aromatic rings. The fraction of sp³-hybridized carbons (Fsp3) is 0.424. The third-order valence-corrected chi connectivity index (χ3v) is 13.6. The van der Waals surface area contributed by atoms with Crippen molar-refractivity contribution in [2.75, 3.05) is 18.1 Å². The van der Waals surface area contributed by atoms with Gasteiger partial charge >= 0.3 is 0 Å². The SMILES string of the molecule is CC(C)(C)[Si](C)(C)O[C@@H](CC[C@H]1C(=O)N(c2ccc(F)cc2)[C@@H]1c1ccc(OCCCOS(=O)(=O)[O-])cc1O)c1ccc(F)cc1.N. The predicted octanol–water partition coefficient (Wildman–Crippen LogP) is 7.33. The Morgan fingerprint density at radius 3 is 2.13 bits per heavy atom. The smallest absolute Gasteiger partial charge is 0.233 e. The second-order valence-corrected chi connectivity index (χ2v) is 18.7. The Balaban J connectivity index is 0.00000600. The van der Waals surface area contributed by atoms with Gasteiger partial charge in [-0.2, -0.15) is 0 Å². The topological polar surface area (TPSA) is 160 Å². The maximum absolute atomic E-state index is 13.8. The Bertz CT molecular complexity index is 1620.